The van der Waals surface area contributed by atoms with E-state index in [1.807, 2.05) is 30.3 Å². The summed E-state index contributed by atoms with van der Waals surface area (Å²) in [5.41, 5.74) is 0.967. The molecule has 0 bridgehead atoms. The van der Waals surface area contributed by atoms with E-state index < -0.39 is 0 Å². The van der Waals surface area contributed by atoms with Gasteiger partial charge in [-0.3, -0.25) is 0 Å². The Balaban J connectivity index is 1.61. The van der Waals surface area contributed by atoms with Crippen molar-refractivity contribution in [1.82, 2.24) is 25.5 Å². The van der Waals surface area contributed by atoms with Crippen molar-refractivity contribution in [3.63, 3.8) is 0 Å². The molecule has 0 saturated carbocycles. The van der Waals surface area contributed by atoms with Crippen molar-refractivity contribution >= 4 is 5.95 Å². The third-order valence-electron chi connectivity index (χ3n) is 3.41. The molecule has 1 aromatic heterocycles. The summed E-state index contributed by atoms with van der Waals surface area (Å²) < 4.78 is 1.72. The Morgan fingerprint density at radius 1 is 1.32 bits per heavy atom. The Hall–Kier alpha value is -1.95. The number of hydrogen-bond donors (Lipinski definition) is 2. The van der Waals surface area contributed by atoms with Gasteiger partial charge in [-0.05, 0) is 48.4 Å². The molecule has 1 aliphatic rings. The van der Waals surface area contributed by atoms with E-state index in [9.17, 15) is 0 Å². The maximum absolute atomic E-state index is 4.03. The Morgan fingerprint density at radius 2 is 2.21 bits per heavy atom. The topological polar surface area (TPSA) is 67.7 Å². The lowest BCUT2D eigenvalue weighted by molar-refractivity contribution is 0.573. The molecule has 0 unspecified atom stereocenters. The number of hydrogen-bond acceptors (Lipinski definition) is 5. The lowest BCUT2D eigenvalue weighted by atomic mass is 10.1. The molecule has 6 heteroatoms. The van der Waals surface area contributed by atoms with E-state index in [0.29, 0.717) is 12.0 Å². The summed E-state index contributed by atoms with van der Waals surface area (Å²) in [6.45, 7) is 2.03. The highest BCUT2D eigenvalue weighted by atomic mass is 15.6. The maximum Gasteiger partial charge on any atom is 0.247 e. The smallest absolute Gasteiger partial charge is 0.247 e. The average molecular weight is 258 g/mol. The molecule has 6 nitrogen and oxygen atoms in total. The standard InChI is InChI=1S/C13H18N6/c1-2-6-12(7-3-1)19-13(16-17-18-19)15-10-8-11-5-4-9-14-11/h1-3,6-7,11,14H,4-5,8-10H2,(H,15,16,18)/t11-/m1/s1. The molecule has 1 fully saturated rings. The fraction of sp³-hybridized carbons (Fsp3) is 0.462. The molecule has 2 aromatic rings. The van der Waals surface area contributed by atoms with E-state index in [0.717, 1.165) is 25.2 Å². The minimum Gasteiger partial charge on any atom is -0.353 e. The Kier molecular flexibility index (Phi) is 3.69. The predicted molar refractivity (Wildman–Crippen MR) is 73.3 cm³/mol. The van der Waals surface area contributed by atoms with E-state index in [-0.39, 0.29) is 0 Å². The summed E-state index contributed by atoms with van der Waals surface area (Å²) in [7, 11) is 0. The summed E-state index contributed by atoms with van der Waals surface area (Å²) in [5.74, 6) is 0.698. The molecule has 3 rings (SSSR count). The summed E-state index contributed by atoms with van der Waals surface area (Å²) >= 11 is 0. The molecule has 100 valence electrons. The number of para-hydroxylation sites is 1. The number of rotatable bonds is 5. The zero-order chi connectivity index (χ0) is 12.9. The van der Waals surface area contributed by atoms with Crippen molar-refractivity contribution in [1.29, 1.82) is 0 Å². The Labute approximate surface area is 112 Å². The molecule has 0 radical (unpaired) electrons. The van der Waals surface area contributed by atoms with Crippen LogP contribution in [0.2, 0.25) is 0 Å². The van der Waals surface area contributed by atoms with Gasteiger partial charge < -0.3 is 10.6 Å². The summed E-state index contributed by atoms with van der Waals surface area (Å²) in [6.07, 6.45) is 3.65. The number of tetrazole rings is 1. The third-order valence-corrected chi connectivity index (χ3v) is 3.41. The van der Waals surface area contributed by atoms with E-state index in [2.05, 4.69) is 26.2 Å². The number of nitrogens with zero attached hydrogens (tertiary/aromatic N) is 4. The van der Waals surface area contributed by atoms with Crippen LogP contribution in [0.5, 0.6) is 0 Å². The van der Waals surface area contributed by atoms with E-state index in [4.69, 9.17) is 0 Å². The molecular formula is C13H18N6. The van der Waals surface area contributed by atoms with Gasteiger partial charge in [-0.2, -0.15) is 4.68 Å². The van der Waals surface area contributed by atoms with E-state index >= 15 is 0 Å². The number of benzene rings is 1. The molecule has 0 amide bonds. The molecule has 19 heavy (non-hydrogen) atoms. The minimum absolute atomic E-state index is 0.633. The van der Waals surface area contributed by atoms with Crippen LogP contribution >= 0.6 is 0 Å². The summed E-state index contributed by atoms with van der Waals surface area (Å²) in [4.78, 5) is 0. The molecule has 1 aliphatic heterocycles. The van der Waals surface area contributed by atoms with Crippen LogP contribution < -0.4 is 10.6 Å². The van der Waals surface area contributed by atoms with Crippen molar-refractivity contribution < 1.29 is 0 Å². The van der Waals surface area contributed by atoms with Crippen LogP contribution in [0.25, 0.3) is 5.69 Å². The number of anilines is 1. The molecule has 2 N–H and O–H groups in total. The first-order valence-corrected chi connectivity index (χ1v) is 6.74. The zero-order valence-electron chi connectivity index (χ0n) is 10.8. The van der Waals surface area contributed by atoms with Gasteiger partial charge in [0.05, 0.1) is 5.69 Å². The van der Waals surface area contributed by atoms with Crippen molar-refractivity contribution in [2.45, 2.75) is 25.3 Å². The fourth-order valence-electron chi connectivity index (χ4n) is 2.40. The van der Waals surface area contributed by atoms with Crippen LogP contribution in [0, 0.1) is 0 Å². The monoisotopic (exact) mass is 258 g/mol. The van der Waals surface area contributed by atoms with Gasteiger partial charge in [-0.15, -0.1) is 0 Å². The normalized spacial score (nSPS) is 18.6. The second-order valence-corrected chi connectivity index (χ2v) is 4.76. The van der Waals surface area contributed by atoms with Gasteiger partial charge in [-0.1, -0.05) is 23.3 Å². The minimum atomic E-state index is 0.633. The highest BCUT2D eigenvalue weighted by Crippen LogP contribution is 2.12. The second-order valence-electron chi connectivity index (χ2n) is 4.76. The van der Waals surface area contributed by atoms with Gasteiger partial charge in [0.15, 0.2) is 0 Å². The first kappa shape index (κ1) is 12.1. The van der Waals surface area contributed by atoms with E-state index in [1.54, 1.807) is 4.68 Å². The predicted octanol–water partition coefficient (Wildman–Crippen LogP) is 1.22. The maximum atomic E-state index is 4.03. The van der Waals surface area contributed by atoms with Crippen LogP contribution in [0.15, 0.2) is 30.3 Å². The first-order chi connectivity index (χ1) is 9.43. The summed E-state index contributed by atoms with van der Waals surface area (Å²) in [6, 6.07) is 10.5. The molecule has 0 spiro atoms. The van der Waals surface area contributed by atoms with Gasteiger partial charge in [0, 0.05) is 12.6 Å². The van der Waals surface area contributed by atoms with Crippen LogP contribution in [0.3, 0.4) is 0 Å². The van der Waals surface area contributed by atoms with Crippen molar-refractivity contribution in [3.05, 3.63) is 30.3 Å². The highest BCUT2D eigenvalue weighted by molar-refractivity contribution is 5.38. The first-order valence-electron chi connectivity index (χ1n) is 6.74. The van der Waals surface area contributed by atoms with Gasteiger partial charge in [0.25, 0.3) is 0 Å². The van der Waals surface area contributed by atoms with E-state index in [1.165, 1.54) is 12.8 Å². The van der Waals surface area contributed by atoms with Crippen LogP contribution in [0.1, 0.15) is 19.3 Å². The zero-order valence-corrected chi connectivity index (χ0v) is 10.8. The number of nitrogens with one attached hydrogen (secondary N) is 2. The van der Waals surface area contributed by atoms with Crippen molar-refractivity contribution in [2.75, 3.05) is 18.4 Å². The van der Waals surface area contributed by atoms with Crippen molar-refractivity contribution in [2.24, 2.45) is 0 Å². The Bertz CT molecular complexity index is 503. The lowest BCUT2D eigenvalue weighted by Crippen LogP contribution is -2.24. The molecular weight excluding hydrogens is 240 g/mol. The third kappa shape index (κ3) is 2.90. The average Bonchev–Trinajstić information content (AvgIpc) is 3.11. The molecule has 0 aliphatic carbocycles. The largest absolute Gasteiger partial charge is 0.353 e. The highest BCUT2D eigenvalue weighted by Gasteiger charge is 2.14. The number of aromatic nitrogens is 4. The van der Waals surface area contributed by atoms with Crippen molar-refractivity contribution in [3.8, 4) is 5.69 Å². The molecule has 1 saturated heterocycles. The molecule has 1 aromatic carbocycles. The molecule has 1 atom stereocenters. The Morgan fingerprint density at radius 3 is 3.00 bits per heavy atom. The quantitative estimate of drug-likeness (QED) is 0.844. The molecule has 2 heterocycles. The van der Waals surface area contributed by atoms with Gasteiger partial charge in [0.1, 0.15) is 0 Å². The van der Waals surface area contributed by atoms with Gasteiger partial charge >= 0.3 is 0 Å². The van der Waals surface area contributed by atoms with Gasteiger partial charge in [0.2, 0.25) is 5.95 Å². The van der Waals surface area contributed by atoms with Crippen LogP contribution in [-0.2, 0) is 0 Å². The van der Waals surface area contributed by atoms with Crippen LogP contribution in [0.4, 0.5) is 5.95 Å². The van der Waals surface area contributed by atoms with Crippen LogP contribution in [-0.4, -0.2) is 39.3 Å². The summed E-state index contributed by atoms with van der Waals surface area (Å²) in [5, 5.41) is 18.6. The SMILES string of the molecule is c1ccc(-n2nnnc2NCC[C@H]2CCCN2)cc1. The fourth-order valence-corrected chi connectivity index (χ4v) is 2.40. The second kappa shape index (κ2) is 5.79. The lowest BCUT2D eigenvalue weighted by Gasteiger charge is -2.11. The van der Waals surface area contributed by atoms with Gasteiger partial charge in [-0.25, -0.2) is 0 Å².